The second-order valence-electron chi connectivity index (χ2n) is 9.46. The summed E-state index contributed by atoms with van der Waals surface area (Å²) in [5.41, 5.74) is 5.34. The number of Topliss-reactive ketones (excluding diaryl/α,β-unsaturated/α-hetero) is 1. The Morgan fingerprint density at radius 2 is 1.41 bits per heavy atom. The Labute approximate surface area is 194 Å². The van der Waals surface area contributed by atoms with Crippen LogP contribution >= 0.6 is 11.6 Å². The summed E-state index contributed by atoms with van der Waals surface area (Å²) in [5, 5.41) is 0.718. The van der Waals surface area contributed by atoms with Gasteiger partial charge in [-0.3, -0.25) is 4.79 Å². The van der Waals surface area contributed by atoms with Gasteiger partial charge in [0, 0.05) is 34.1 Å². The molecule has 1 aliphatic heterocycles. The number of anilines is 2. The standard InChI is InChI=1S/C28H27ClN2O/c1-28(2)17-25-24(26(32)18-28)19-30(22-9-5-3-6-10-22)27(20-13-15-21(29)16-14-20)31(25)23-11-7-4-8-12-23/h3-16,27H,17-19H2,1-2H3. The van der Waals surface area contributed by atoms with Crippen LogP contribution in [-0.2, 0) is 4.79 Å². The fourth-order valence-corrected chi connectivity index (χ4v) is 5.11. The van der Waals surface area contributed by atoms with Gasteiger partial charge in [0.2, 0.25) is 0 Å². The largest absolute Gasteiger partial charge is 0.342 e. The number of allylic oxidation sites excluding steroid dienone is 1. The number of carbonyl (C=O) groups excluding carboxylic acids is 1. The number of ketones is 1. The van der Waals surface area contributed by atoms with Gasteiger partial charge in [0.1, 0.15) is 6.17 Å². The number of hydrogen-bond acceptors (Lipinski definition) is 3. The summed E-state index contributed by atoms with van der Waals surface area (Å²) in [4.78, 5) is 18.1. The molecule has 1 aliphatic carbocycles. The van der Waals surface area contributed by atoms with Gasteiger partial charge in [-0.15, -0.1) is 0 Å². The zero-order valence-corrected chi connectivity index (χ0v) is 19.2. The van der Waals surface area contributed by atoms with Crippen molar-refractivity contribution >= 4 is 28.8 Å². The van der Waals surface area contributed by atoms with E-state index in [-0.39, 0.29) is 17.4 Å². The molecular weight excluding hydrogens is 416 g/mol. The number of rotatable bonds is 3. The van der Waals surface area contributed by atoms with Crippen LogP contribution in [-0.4, -0.2) is 12.3 Å². The fraction of sp³-hybridized carbons (Fsp3) is 0.250. The van der Waals surface area contributed by atoms with Gasteiger partial charge in [-0.1, -0.05) is 74.0 Å². The van der Waals surface area contributed by atoms with Gasteiger partial charge in [-0.05, 0) is 53.8 Å². The minimum Gasteiger partial charge on any atom is -0.342 e. The third-order valence-electron chi connectivity index (χ3n) is 6.42. The summed E-state index contributed by atoms with van der Waals surface area (Å²) in [7, 11) is 0. The highest BCUT2D eigenvalue weighted by molar-refractivity contribution is 6.30. The normalized spacial score (nSPS) is 20.3. The molecule has 0 spiro atoms. The van der Waals surface area contributed by atoms with Crippen LogP contribution in [0.25, 0.3) is 0 Å². The maximum absolute atomic E-state index is 13.4. The molecule has 0 amide bonds. The topological polar surface area (TPSA) is 23.6 Å². The average molecular weight is 443 g/mol. The molecule has 0 bridgehead atoms. The van der Waals surface area contributed by atoms with E-state index in [9.17, 15) is 4.79 Å². The van der Waals surface area contributed by atoms with Crippen LogP contribution in [0.3, 0.4) is 0 Å². The van der Waals surface area contributed by atoms with Crippen LogP contribution in [0.4, 0.5) is 11.4 Å². The van der Waals surface area contributed by atoms with Crippen LogP contribution in [0.15, 0.2) is 96.2 Å². The predicted octanol–water partition coefficient (Wildman–Crippen LogP) is 7.01. The zero-order valence-electron chi connectivity index (χ0n) is 18.5. The Bertz CT molecular complexity index is 1150. The van der Waals surface area contributed by atoms with Gasteiger partial charge in [0.25, 0.3) is 0 Å². The van der Waals surface area contributed by atoms with E-state index in [4.69, 9.17) is 11.6 Å². The van der Waals surface area contributed by atoms with E-state index < -0.39 is 0 Å². The highest BCUT2D eigenvalue weighted by Gasteiger charge is 2.43. The average Bonchev–Trinajstić information content (AvgIpc) is 2.79. The lowest BCUT2D eigenvalue weighted by atomic mass is 9.74. The van der Waals surface area contributed by atoms with Crippen molar-refractivity contribution in [1.29, 1.82) is 0 Å². The fourth-order valence-electron chi connectivity index (χ4n) is 4.98. The summed E-state index contributed by atoms with van der Waals surface area (Å²) in [6.45, 7) is 4.99. The van der Waals surface area contributed by atoms with Gasteiger partial charge in [0.15, 0.2) is 5.78 Å². The Morgan fingerprint density at radius 3 is 2.03 bits per heavy atom. The molecule has 2 aliphatic rings. The number of benzene rings is 3. The van der Waals surface area contributed by atoms with Crippen molar-refractivity contribution in [1.82, 2.24) is 0 Å². The van der Waals surface area contributed by atoms with Crippen molar-refractivity contribution in [2.75, 3.05) is 16.3 Å². The minimum atomic E-state index is -0.0856. The smallest absolute Gasteiger partial charge is 0.162 e. The predicted molar refractivity (Wildman–Crippen MR) is 132 cm³/mol. The monoisotopic (exact) mass is 442 g/mol. The summed E-state index contributed by atoms with van der Waals surface area (Å²) in [6, 6.07) is 28.9. The molecule has 3 nitrogen and oxygen atoms in total. The van der Waals surface area contributed by atoms with Crippen LogP contribution in [0.2, 0.25) is 5.02 Å². The highest BCUT2D eigenvalue weighted by atomic mass is 35.5. The van der Waals surface area contributed by atoms with Crippen molar-refractivity contribution in [3.05, 3.63) is 107 Å². The quantitative estimate of drug-likeness (QED) is 0.436. The second-order valence-corrected chi connectivity index (χ2v) is 9.90. The van der Waals surface area contributed by atoms with Gasteiger partial charge in [0.05, 0.1) is 6.54 Å². The molecule has 0 aromatic heterocycles. The lowest BCUT2D eigenvalue weighted by Crippen LogP contribution is -2.51. The minimum absolute atomic E-state index is 0.0671. The molecule has 3 aromatic carbocycles. The molecular formula is C28H27ClN2O. The van der Waals surface area contributed by atoms with Gasteiger partial charge in [-0.25, -0.2) is 0 Å². The zero-order chi connectivity index (χ0) is 22.3. The van der Waals surface area contributed by atoms with Crippen LogP contribution in [0.1, 0.15) is 38.4 Å². The maximum atomic E-state index is 13.4. The van der Waals surface area contributed by atoms with Crippen LogP contribution in [0, 0.1) is 5.41 Å². The van der Waals surface area contributed by atoms with Gasteiger partial charge < -0.3 is 9.80 Å². The number of para-hydroxylation sites is 2. The molecule has 1 unspecified atom stereocenters. The van der Waals surface area contributed by atoms with E-state index in [1.165, 1.54) is 0 Å². The van der Waals surface area contributed by atoms with Crippen molar-refractivity contribution in [3.63, 3.8) is 0 Å². The van der Waals surface area contributed by atoms with Crippen LogP contribution in [0.5, 0.6) is 0 Å². The SMILES string of the molecule is CC1(C)CC(=O)C2=C(C1)N(c1ccccc1)C(c1ccc(Cl)cc1)N(c1ccccc1)C2. The molecule has 5 rings (SSSR count). The molecule has 4 heteroatoms. The second kappa shape index (κ2) is 8.14. The molecule has 1 heterocycles. The Kier molecular flexibility index (Phi) is 5.30. The van der Waals surface area contributed by atoms with Gasteiger partial charge in [-0.2, -0.15) is 0 Å². The molecule has 3 aromatic rings. The van der Waals surface area contributed by atoms with Crippen molar-refractivity contribution in [2.45, 2.75) is 32.9 Å². The lowest BCUT2D eigenvalue weighted by molar-refractivity contribution is -0.118. The Hall–Kier alpha value is -3.04. The van der Waals surface area contributed by atoms with E-state index in [1.807, 2.05) is 24.3 Å². The first-order valence-corrected chi connectivity index (χ1v) is 11.5. The van der Waals surface area contributed by atoms with E-state index in [2.05, 4.69) is 84.3 Å². The molecule has 0 saturated carbocycles. The lowest BCUT2D eigenvalue weighted by Gasteiger charge is -2.51. The highest BCUT2D eigenvalue weighted by Crippen LogP contribution is 2.48. The molecule has 162 valence electrons. The van der Waals surface area contributed by atoms with Crippen LogP contribution < -0.4 is 9.80 Å². The summed E-state index contributed by atoms with van der Waals surface area (Å²) in [5.74, 6) is 0.257. The first-order valence-electron chi connectivity index (χ1n) is 11.1. The molecule has 0 N–H and O–H groups in total. The first-order chi connectivity index (χ1) is 15.4. The molecule has 32 heavy (non-hydrogen) atoms. The summed E-state index contributed by atoms with van der Waals surface area (Å²) in [6.07, 6.45) is 1.37. The molecule has 0 fully saturated rings. The number of nitrogens with zero attached hydrogens (tertiary/aromatic N) is 2. The molecule has 0 radical (unpaired) electrons. The molecule has 1 atom stereocenters. The third-order valence-corrected chi connectivity index (χ3v) is 6.67. The number of hydrogen-bond donors (Lipinski definition) is 0. The van der Waals surface area contributed by atoms with Crippen molar-refractivity contribution in [3.8, 4) is 0 Å². The van der Waals surface area contributed by atoms with Gasteiger partial charge >= 0.3 is 0 Å². The third kappa shape index (κ3) is 3.82. The van der Waals surface area contributed by atoms with E-state index in [1.54, 1.807) is 0 Å². The number of carbonyl (C=O) groups is 1. The maximum Gasteiger partial charge on any atom is 0.162 e. The van der Waals surface area contributed by atoms with E-state index in [0.717, 1.165) is 39.7 Å². The summed E-state index contributed by atoms with van der Waals surface area (Å²) >= 11 is 6.24. The molecule has 0 saturated heterocycles. The van der Waals surface area contributed by atoms with Crippen molar-refractivity contribution in [2.24, 2.45) is 5.41 Å². The Morgan fingerprint density at radius 1 is 0.812 bits per heavy atom. The van der Waals surface area contributed by atoms with E-state index >= 15 is 0 Å². The summed E-state index contributed by atoms with van der Waals surface area (Å²) < 4.78 is 0. The first kappa shape index (κ1) is 20.8. The Balaban J connectivity index is 1.75. The number of halogens is 1. The van der Waals surface area contributed by atoms with Crippen molar-refractivity contribution < 1.29 is 4.79 Å². The van der Waals surface area contributed by atoms with E-state index in [0.29, 0.717) is 13.0 Å².